The molecule has 0 saturated heterocycles. The third kappa shape index (κ3) is 1.75. The van der Waals surface area contributed by atoms with Gasteiger partial charge < -0.3 is 15.1 Å². The second kappa shape index (κ2) is 4.09. The Morgan fingerprint density at radius 3 is 2.60 bits per heavy atom. The predicted octanol–water partition coefficient (Wildman–Crippen LogP) is 2.11. The topological polar surface area (TPSA) is 80.3 Å². The number of rotatable bonds is 4. The zero-order valence-corrected chi connectivity index (χ0v) is 12.4. The second-order valence-corrected chi connectivity index (χ2v) is 6.65. The predicted molar refractivity (Wildman–Crippen MR) is 80.3 cm³/mol. The molecule has 6 heteroatoms. The molecule has 2 heterocycles. The van der Waals surface area contributed by atoms with Crippen LogP contribution in [0.4, 0.5) is 11.6 Å². The van der Waals surface area contributed by atoms with E-state index in [1.165, 1.54) is 0 Å². The molecular weight excluding hydrogens is 252 g/mol. The number of hydrazine groups is 1. The number of fused-ring (bicyclic) bond motifs is 1. The molecule has 0 spiro atoms. The van der Waals surface area contributed by atoms with Gasteiger partial charge in [0.05, 0.1) is 6.20 Å². The first-order valence-electron chi connectivity index (χ1n) is 6.92. The van der Waals surface area contributed by atoms with Gasteiger partial charge in [0.15, 0.2) is 17.3 Å². The van der Waals surface area contributed by atoms with E-state index in [4.69, 9.17) is 5.84 Å². The molecule has 0 unspecified atom stereocenters. The Kier molecular flexibility index (Phi) is 2.69. The van der Waals surface area contributed by atoms with Crippen molar-refractivity contribution in [2.75, 3.05) is 17.3 Å². The van der Waals surface area contributed by atoms with Crippen LogP contribution in [0.3, 0.4) is 0 Å². The first kappa shape index (κ1) is 13.2. The molecule has 2 aromatic heterocycles. The van der Waals surface area contributed by atoms with Gasteiger partial charge in [0.25, 0.3) is 0 Å². The quantitative estimate of drug-likeness (QED) is 0.588. The molecule has 0 aromatic carbocycles. The summed E-state index contributed by atoms with van der Waals surface area (Å²) in [6, 6.07) is 0. The number of anilines is 2. The molecule has 0 atom stereocenters. The minimum Gasteiger partial charge on any atom is -0.367 e. The fraction of sp³-hybridized carbons (Fsp3) is 0.571. The molecule has 0 amide bonds. The summed E-state index contributed by atoms with van der Waals surface area (Å²) in [5, 5.41) is 3.43. The summed E-state index contributed by atoms with van der Waals surface area (Å²) in [6.07, 6.45) is 5.46. The van der Waals surface area contributed by atoms with Crippen LogP contribution < -0.4 is 16.6 Å². The van der Waals surface area contributed by atoms with Crippen LogP contribution in [0.5, 0.6) is 0 Å². The summed E-state index contributed by atoms with van der Waals surface area (Å²) in [7, 11) is 0. The van der Waals surface area contributed by atoms with Crippen molar-refractivity contribution in [2.45, 2.75) is 27.7 Å². The third-order valence-corrected chi connectivity index (χ3v) is 5.32. The summed E-state index contributed by atoms with van der Waals surface area (Å²) in [5.41, 5.74) is 4.12. The van der Waals surface area contributed by atoms with E-state index in [1.54, 1.807) is 6.20 Å². The van der Waals surface area contributed by atoms with Gasteiger partial charge in [0.2, 0.25) is 0 Å². The summed E-state index contributed by atoms with van der Waals surface area (Å²) in [6.45, 7) is 10.2. The van der Waals surface area contributed by atoms with Crippen LogP contribution in [-0.4, -0.2) is 20.9 Å². The number of aromatic nitrogens is 3. The number of imidazole rings is 1. The highest BCUT2D eigenvalue weighted by Gasteiger charge is 2.64. The van der Waals surface area contributed by atoms with Crippen LogP contribution in [0.25, 0.3) is 5.65 Å². The van der Waals surface area contributed by atoms with Crippen molar-refractivity contribution in [3.63, 3.8) is 0 Å². The van der Waals surface area contributed by atoms with Gasteiger partial charge in [-0.25, -0.2) is 15.8 Å². The van der Waals surface area contributed by atoms with Gasteiger partial charge in [-0.3, -0.25) is 0 Å². The lowest BCUT2D eigenvalue weighted by Crippen LogP contribution is -2.14. The molecule has 1 fully saturated rings. The monoisotopic (exact) mass is 274 g/mol. The number of nitrogens with one attached hydrogen (secondary N) is 2. The van der Waals surface area contributed by atoms with Crippen LogP contribution in [-0.2, 0) is 0 Å². The smallest absolute Gasteiger partial charge is 0.180 e. The summed E-state index contributed by atoms with van der Waals surface area (Å²) in [4.78, 5) is 8.79. The van der Waals surface area contributed by atoms with Crippen molar-refractivity contribution >= 4 is 17.3 Å². The zero-order valence-electron chi connectivity index (χ0n) is 12.4. The van der Waals surface area contributed by atoms with Gasteiger partial charge in [0, 0.05) is 18.9 Å². The van der Waals surface area contributed by atoms with Gasteiger partial charge in [0.1, 0.15) is 0 Å². The normalized spacial score (nSPS) is 20.1. The highest BCUT2D eigenvalue weighted by molar-refractivity contribution is 5.65. The van der Waals surface area contributed by atoms with Crippen molar-refractivity contribution in [1.29, 1.82) is 0 Å². The Hall–Kier alpha value is -1.82. The van der Waals surface area contributed by atoms with Crippen molar-refractivity contribution in [3.05, 3.63) is 18.6 Å². The third-order valence-electron chi connectivity index (χ3n) is 5.32. The van der Waals surface area contributed by atoms with E-state index in [1.807, 2.05) is 16.8 Å². The lowest BCUT2D eigenvalue weighted by molar-refractivity contribution is 0.457. The van der Waals surface area contributed by atoms with Gasteiger partial charge in [-0.15, -0.1) is 0 Å². The zero-order chi connectivity index (χ0) is 14.5. The number of nitrogens with two attached hydrogens (primary N) is 1. The van der Waals surface area contributed by atoms with Crippen LogP contribution in [0.15, 0.2) is 18.6 Å². The van der Waals surface area contributed by atoms with Crippen molar-refractivity contribution < 1.29 is 0 Å². The van der Waals surface area contributed by atoms with E-state index in [0.717, 1.165) is 18.0 Å². The maximum atomic E-state index is 5.46. The number of nitrogen functional groups attached to an aromatic ring is 1. The first-order valence-corrected chi connectivity index (χ1v) is 6.92. The molecule has 1 saturated carbocycles. The summed E-state index contributed by atoms with van der Waals surface area (Å²) < 4.78 is 1.91. The van der Waals surface area contributed by atoms with Crippen LogP contribution in [0.1, 0.15) is 27.7 Å². The molecule has 1 aliphatic carbocycles. The van der Waals surface area contributed by atoms with Crippen molar-refractivity contribution in [1.82, 2.24) is 14.4 Å². The van der Waals surface area contributed by atoms with Gasteiger partial charge in [-0.05, 0) is 16.7 Å². The standard InChI is InChI=1S/C14H22N6/c1-13(2)9(14(13,3)4)7-17-11-12-16-5-6-20(12)8-10(18-11)19-15/h5-6,8-9,19H,7,15H2,1-4H3,(H,17,18). The van der Waals surface area contributed by atoms with E-state index < -0.39 is 0 Å². The van der Waals surface area contributed by atoms with Gasteiger partial charge in [-0.2, -0.15) is 0 Å². The number of hydrogen-bond donors (Lipinski definition) is 3. The first-order chi connectivity index (χ1) is 9.38. The van der Waals surface area contributed by atoms with E-state index >= 15 is 0 Å². The van der Waals surface area contributed by atoms with E-state index in [0.29, 0.717) is 22.6 Å². The molecule has 20 heavy (non-hydrogen) atoms. The minimum absolute atomic E-state index is 0.357. The van der Waals surface area contributed by atoms with Gasteiger partial charge in [-0.1, -0.05) is 27.7 Å². The summed E-state index contributed by atoms with van der Waals surface area (Å²) >= 11 is 0. The Morgan fingerprint density at radius 1 is 1.30 bits per heavy atom. The average molecular weight is 274 g/mol. The van der Waals surface area contributed by atoms with Crippen molar-refractivity contribution in [3.8, 4) is 0 Å². The fourth-order valence-electron chi connectivity index (χ4n) is 3.16. The Labute approximate surface area is 118 Å². The molecule has 0 radical (unpaired) electrons. The van der Waals surface area contributed by atoms with Crippen LogP contribution in [0, 0.1) is 16.7 Å². The number of hydrogen-bond acceptors (Lipinski definition) is 5. The molecule has 1 aliphatic rings. The highest BCUT2D eigenvalue weighted by atomic mass is 15.3. The van der Waals surface area contributed by atoms with Crippen LogP contribution in [0.2, 0.25) is 0 Å². The molecule has 108 valence electrons. The average Bonchev–Trinajstić information content (AvgIpc) is 2.76. The Morgan fingerprint density at radius 2 is 2.00 bits per heavy atom. The fourth-order valence-corrected chi connectivity index (χ4v) is 3.16. The van der Waals surface area contributed by atoms with Crippen molar-refractivity contribution in [2.24, 2.45) is 22.6 Å². The Balaban J connectivity index is 1.83. The molecule has 6 nitrogen and oxygen atoms in total. The van der Waals surface area contributed by atoms with E-state index in [2.05, 4.69) is 48.4 Å². The lowest BCUT2D eigenvalue weighted by Gasteiger charge is -2.10. The highest BCUT2D eigenvalue weighted by Crippen LogP contribution is 2.68. The van der Waals surface area contributed by atoms with E-state index in [9.17, 15) is 0 Å². The Bertz CT molecular complexity index is 628. The maximum Gasteiger partial charge on any atom is 0.180 e. The summed E-state index contributed by atoms with van der Waals surface area (Å²) in [5.74, 6) is 7.47. The minimum atomic E-state index is 0.357. The van der Waals surface area contributed by atoms with Crippen LogP contribution >= 0.6 is 0 Å². The largest absolute Gasteiger partial charge is 0.367 e. The molecule has 4 N–H and O–H groups in total. The van der Waals surface area contributed by atoms with Gasteiger partial charge >= 0.3 is 0 Å². The molecular formula is C14H22N6. The molecule has 2 aromatic rings. The number of nitrogens with zero attached hydrogens (tertiary/aromatic N) is 3. The van der Waals surface area contributed by atoms with E-state index in [-0.39, 0.29) is 0 Å². The molecule has 0 aliphatic heterocycles. The molecule has 3 rings (SSSR count). The second-order valence-electron chi connectivity index (χ2n) is 6.65. The lowest BCUT2D eigenvalue weighted by atomic mass is 10.0. The SMILES string of the molecule is CC1(C)C(CNc2nc(NN)cn3ccnc23)C1(C)C. The molecule has 0 bridgehead atoms. The maximum absolute atomic E-state index is 5.46.